The molecule has 0 aromatic heterocycles. The maximum absolute atomic E-state index is 12.2. The van der Waals surface area contributed by atoms with Crippen LogP contribution in [-0.4, -0.2) is 61.6 Å². The molecule has 0 saturated heterocycles. The van der Waals surface area contributed by atoms with Gasteiger partial charge in [-0.2, -0.15) is 0 Å². The molecule has 0 aliphatic carbocycles. The van der Waals surface area contributed by atoms with E-state index in [-0.39, 0.29) is 36.0 Å². The normalized spacial score (nSPS) is 10.6. The summed E-state index contributed by atoms with van der Waals surface area (Å²) in [7, 11) is 2.45. The number of carbonyl (C=O) groups is 3. The number of nitrogens with zero attached hydrogens (tertiary/aromatic N) is 5. The van der Waals surface area contributed by atoms with Crippen molar-refractivity contribution < 1.29 is 38.4 Å². The molecule has 0 atom stereocenters. The third kappa shape index (κ3) is 8.06. The number of amides is 1. The molecule has 2 aromatic rings. The zero-order valence-corrected chi connectivity index (χ0v) is 21.9. The fraction of sp³-hybridized carbons (Fsp3) is 0.318. The van der Waals surface area contributed by atoms with E-state index in [0.29, 0.717) is 6.07 Å². The van der Waals surface area contributed by atoms with Gasteiger partial charge in [-0.15, -0.1) is 10.2 Å². The molecule has 0 radical (unpaired) electrons. The molecule has 1 N–H and O–H groups in total. The average Bonchev–Trinajstić information content (AvgIpc) is 2.86. The van der Waals surface area contributed by atoms with E-state index in [4.69, 9.17) is 25.8 Å². The highest BCUT2D eigenvalue weighted by molar-refractivity contribution is 6.33. The SMILES string of the molecule is CCOC(=O)CN(CC(=O)OC)c1cc(NC(C)=O)c(N=Nc2c(Cl)cc([N+](=O)[O-])cc2[N+](=O)[O-])cc1OC. The van der Waals surface area contributed by atoms with E-state index in [2.05, 4.69) is 15.5 Å². The van der Waals surface area contributed by atoms with E-state index in [0.717, 1.165) is 13.2 Å². The molecule has 0 fully saturated rings. The first kappa shape index (κ1) is 30.4. The predicted octanol–water partition coefficient (Wildman–Crippen LogP) is 4.08. The predicted molar refractivity (Wildman–Crippen MR) is 137 cm³/mol. The van der Waals surface area contributed by atoms with E-state index < -0.39 is 56.3 Å². The highest BCUT2D eigenvalue weighted by Gasteiger charge is 2.25. The number of nitro benzene ring substituents is 2. The Kier molecular flexibility index (Phi) is 10.6. The lowest BCUT2D eigenvalue weighted by molar-refractivity contribution is -0.393. The van der Waals surface area contributed by atoms with Gasteiger partial charge in [0, 0.05) is 19.1 Å². The number of halogens is 1. The topological polar surface area (TPSA) is 205 Å². The van der Waals surface area contributed by atoms with Crippen LogP contribution in [0.5, 0.6) is 5.75 Å². The lowest BCUT2D eigenvalue weighted by Crippen LogP contribution is -2.36. The highest BCUT2D eigenvalue weighted by Crippen LogP contribution is 2.42. The maximum atomic E-state index is 12.2. The van der Waals surface area contributed by atoms with Crippen LogP contribution >= 0.6 is 11.6 Å². The zero-order chi connectivity index (χ0) is 29.3. The van der Waals surface area contributed by atoms with Gasteiger partial charge in [-0.05, 0) is 13.0 Å². The van der Waals surface area contributed by atoms with Crippen LogP contribution in [0.4, 0.5) is 34.1 Å². The van der Waals surface area contributed by atoms with Crippen molar-refractivity contribution in [1.29, 1.82) is 0 Å². The molecule has 0 aliphatic rings. The summed E-state index contributed by atoms with van der Waals surface area (Å²) in [5.41, 5.74) is -1.76. The molecule has 0 bridgehead atoms. The summed E-state index contributed by atoms with van der Waals surface area (Å²) in [5.74, 6) is -1.82. The molecular formula is C22H23ClN6O10. The van der Waals surface area contributed by atoms with E-state index in [9.17, 15) is 34.6 Å². The number of carbonyl (C=O) groups excluding carboxylic acids is 3. The van der Waals surface area contributed by atoms with Crippen LogP contribution in [-0.2, 0) is 23.9 Å². The van der Waals surface area contributed by atoms with Gasteiger partial charge in [0.15, 0.2) is 5.69 Å². The van der Waals surface area contributed by atoms with Crippen molar-refractivity contribution >= 4 is 63.6 Å². The Bertz CT molecular complexity index is 1330. The molecule has 2 aromatic carbocycles. The Labute approximate surface area is 225 Å². The maximum Gasteiger partial charge on any atom is 0.325 e. The highest BCUT2D eigenvalue weighted by atomic mass is 35.5. The first-order valence-corrected chi connectivity index (χ1v) is 11.3. The van der Waals surface area contributed by atoms with Crippen LogP contribution in [0.2, 0.25) is 5.02 Å². The Hall–Kier alpha value is -4.86. The Morgan fingerprint density at radius 3 is 2.23 bits per heavy atom. The lowest BCUT2D eigenvalue weighted by atomic mass is 10.2. The number of ether oxygens (including phenoxy) is 3. The fourth-order valence-corrected chi connectivity index (χ4v) is 3.41. The molecule has 17 heteroatoms. The van der Waals surface area contributed by atoms with Crippen LogP contribution in [0.25, 0.3) is 0 Å². The molecular weight excluding hydrogens is 544 g/mol. The van der Waals surface area contributed by atoms with E-state index in [1.165, 1.54) is 31.1 Å². The van der Waals surface area contributed by atoms with Crippen LogP contribution in [0.1, 0.15) is 13.8 Å². The molecule has 1 amide bonds. The number of anilines is 2. The third-order valence-electron chi connectivity index (χ3n) is 4.81. The summed E-state index contributed by atoms with van der Waals surface area (Å²) in [6.45, 7) is 2.13. The van der Waals surface area contributed by atoms with Crippen molar-refractivity contribution in [2.24, 2.45) is 10.2 Å². The number of benzene rings is 2. The van der Waals surface area contributed by atoms with E-state index in [1.807, 2.05) is 0 Å². The standard InChI is InChI=1S/C22H23ClN6O10/c1-5-39-21(32)11-27(10-20(31)38-4)17-8-15(24-12(2)30)16(9-19(17)37-3)25-26-22-14(23)6-13(28(33)34)7-18(22)29(35)36/h6-9H,5,10-11H2,1-4H3,(H,24,30). The molecule has 208 valence electrons. The minimum absolute atomic E-state index is 0.0152. The van der Waals surface area contributed by atoms with Gasteiger partial charge < -0.3 is 24.4 Å². The summed E-state index contributed by atoms with van der Waals surface area (Å²) < 4.78 is 15.1. The number of rotatable bonds is 12. The Morgan fingerprint density at radius 2 is 1.69 bits per heavy atom. The Balaban J connectivity index is 2.69. The van der Waals surface area contributed by atoms with Crippen LogP contribution < -0.4 is 15.0 Å². The van der Waals surface area contributed by atoms with Crippen molar-refractivity contribution in [2.75, 3.05) is 44.1 Å². The smallest absolute Gasteiger partial charge is 0.325 e. The summed E-state index contributed by atoms with van der Waals surface area (Å²) in [6, 6.07) is 4.17. The second-order valence-electron chi connectivity index (χ2n) is 7.47. The van der Waals surface area contributed by atoms with Gasteiger partial charge in [-0.1, -0.05) is 11.6 Å². The molecule has 16 nitrogen and oxygen atoms in total. The number of esters is 2. The largest absolute Gasteiger partial charge is 0.494 e. The first-order valence-electron chi connectivity index (χ1n) is 10.9. The molecule has 0 saturated carbocycles. The zero-order valence-electron chi connectivity index (χ0n) is 21.1. The van der Waals surface area contributed by atoms with Crippen molar-refractivity contribution in [3.05, 3.63) is 49.5 Å². The second kappa shape index (κ2) is 13.6. The van der Waals surface area contributed by atoms with Gasteiger partial charge >= 0.3 is 17.6 Å². The number of non-ortho nitro benzene ring substituents is 1. The minimum Gasteiger partial charge on any atom is -0.494 e. The number of nitrogens with one attached hydrogen (secondary N) is 1. The minimum atomic E-state index is -0.911. The van der Waals surface area contributed by atoms with Gasteiger partial charge in [-0.25, -0.2) is 0 Å². The molecule has 0 unspecified atom stereocenters. The van der Waals surface area contributed by atoms with Gasteiger partial charge in [-0.3, -0.25) is 34.6 Å². The molecule has 0 spiro atoms. The average molecular weight is 567 g/mol. The number of hydrogen-bond donors (Lipinski definition) is 1. The monoisotopic (exact) mass is 566 g/mol. The van der Waals surface area contributed by atoms with E-state index >= 15 is 0 Å². The fourth-order valence-electron chi connectivity index (χ4n) is 3.17. The van der Waals surface area contributed by atoms with Crippen molar-refractivity contribution in [3.63, 3.8) is 0 Å². The van der Waals surface area contributed by atoms with Crippen LogP contribution in [0.3, 0.4) is 0 Å². The van der Waals surface area contributed by atoms with Crippen molar-refractivity contribution in [2.45, 2.75) is 13.8 Å². The van der Waals surface area contributed by atoms with Crippen LogP contribution in [0, 0.1) is 20.2 Å². The summed E-state index contributed by atoms with van der Waals surface area (Å²) in [5, 5.41) is 32.4. The summed E-state index contributed by atoms with van der Waals surface area (Å²) >= 11 is 6.02. The second-order valence-corrected chi connectivity index (χ2v) is 7.88. The van der Waals surface area contributed by atoms with Crippen molar-refractivity contribution in [1.82, 2.24) is 0 Å². The van der Waals surface area contributed by atoms with Gasteiger partial charge in [0.05, 0.1) is 53.1 Å². The quantitative estimate of drug-likeness (QED) is 0.167. The van der Waals surface area contributed by atoms with Gasteiger partial charge in [0.25, 0.3) is 5.69 Å². The van der Waals surface area contributed by atoms with Crippen molar-refractivity contribution in [3.8, 4) is 5.75 Å². The summed E-state index contributed by atoms with van der Waals surface area (Å²) in [4.78, 5) is 58.2. The number of nitro groups is 2. The summed E-state index contributed by atoms with van der Waals surface area (Å²) in [6.07, 6.45) is 0. The van der Waals surface area contributed by atoms with Crippen LogP contribution in [0.15, 0.2) is 34.5 Å². The lowest BCUT2D eigenvalue weighted by Gasteiger charge is -2.25. The van der Waals surface area contributed by atoms with Gasteiger partial charge in [0.1, 0.15) is 24.5 Å². The first-order chi connectivity index (χ1) is 18.4. The number of hydrogen-bond acceptors (Lipinski definition) is 13. The number of methoxy groups -OCH3 is 2. The number of azo groups is 1. The molecule has 0 aliphatic heterocycles. The molecule has 0 heterocycles. The van der Waals surface area contributed by atoms with E-state index in [1.54, 1.807) is 6.92 Å². The molecule has 39 heavy (non-hydrogen) atoms. The Morgan fingerprint density at radius 1 is 1.03 bits per heavy atom. The molecule has 2 rings (SSSR count). The van der Waals surface area contributed by atoms with Gasteiger partial charge in [0.2, 0.25) is 5.91 Å². The third-order valence-corrected chi connectivity index (χ3v) is 5.10.